The lowest BCUT2D eigenvalue weighted by Gasteiger charge is -2.30. The first-order chi connectivity index (χ1) is 15.7. The minimum Gasteiger partial charge on any atom is -0.494 e. The molecular weight excluding hydrogens is 455 g/mol. The van der Waals surface area contributed by atoms with E-state index in [1.807, 2.05) is 13.0 Å². The fraction of sp³-hybridized carbons (Fsp3) is 0.261. The second-order valence-corrected chi connectivity index (χ2v) is 8.68. The van der Waals surface area contributed by atoms with E-state index in [9.17, 15) is 28.0 Å². The van der Waals surface area contributed by atoms with Gasteiger partial charge in [0.05, 0.1) is 40.4 Å². The number of amides is 2. The number of halogens is 3. The Labute approximate surface area is 191 Å². The molecule has 2 N–H and O–H groups in total. The molecule has 2 aromatic rings. The van der Waals surface area contributed by atoms with E-state index in [0.717, 1.165) is 34.9 Å². The van der Waals surface area contributed by atoms with E-state index >= 15 is 0 Å². The molecule has 2 heterocycles. The number of thioether (sulfide) groups is 1. The summed E-state index contributed by atoms with van der Waals surface area (Å²) < 4.78 is 45.0. The summed E-state index contributed by atoms with van der Waals surface area (Å²) in [5, 5.41) is 8.91. The average molecular weight is 473 g/mol. The molecule has 4 rings (SSSR count). The van der Waals surface area contributed by atoms with Gasteiger partial charge in [-0.1, -0.05) is 30.0 Å². The van der Waals surface area contributed by atoms with Crippen LogP contribution in [-0.2, 0) is 15.8 Å². The summed E-state index contributed by atoms with van der Waals surface area (Å²) >= 11 is 0.895. The van der Waals surface area contributed by atoms with Crippen molar-refractivity contribution in [2.24, 2.45) is 11.7 Å². The number of allylic oxidation sites excluding steroid dienone is 1. The molecule has 3 atom stereocenters. The first kappa shape index (κ1) is 22.7. The molecule has 2 amide bonds. The highest BCUT2D eigenvalue weighted by Crippen LogP contribution is 2.51. The highest BCUT2D eigenvalue weighted by molar-refractivity contribution is 8.04. The molecule has 6 nitrogen and oxygen atoms in total. The van der Waals surface area contributed by atoms with Gasteiger partial charge in [-0.25, -0.2) is 4.90 Å². The van der Waals surface area contributed by atoms with E-state index in [-0.39, 0.29) is 16.3 Å². The van der Waals surface area contributed by atoms with Gasteiger partial charge in [0.25, 0.3) is 0 Å². The van der Waals surface area contributed by atoms with Crippen LogP contribution >= 0.6 is 11.8 Å². The number of anilines is 1. The van der Waals surface area contributed by atoms with Crippen molar-refractivity contribution in [3.05, 3.63) is 70.3 Å². The molecule has 2 aromatic carbocycles. The van der Waals surface area contributed by atoms with Crippen LogP contribution in [0.4, 0.5) is 18.9 Å². The number of hydrogen-bond donors (Lipinski definition) is 1. The Morgan fingerprint density at radius 2 is 1.85 bits per heavy atom. The first-order valence-corrected chi connectivity index (χ1v) is 10.9. The van der Waals surface area contributed by atoms with Crippen LogP contribution in [0.5, 0.6) is 5.75 Å². The monoisotopic (exact) mass is 473 g/mol. The quantitative estimate of drug-likeness (QED) is 0.669. The molecule has 2 aliphatic heterocycles. The van der Waals surface area contributed by atoms with Crippen molar-refractivity contribution in [1.82, 2.24) is 0 Å². The van der Waals surface area contributed by atoms with Crippen molar-refractivity contribution >= 4 is 29.3 Å². The summed E-state index contributed by atoms with van der Waals surface area (Å²) in [5.74, 6) is -2.54. The Bertz CT molecular complexity index is 1190. The molecule has 0 aromatic heterocycles. The first-order valence-electron chi connectivity index (χ1n) is 10.0. The fourth-order valence-corrected chi connectivity index (χ4v) is 5.35. The number of alkyl halides is 3. The van der Waals surface area contributed by atoms with Crippen molar-refractivity contribution in [3.8, 4) is 11.8 Å². The Morgan fingerprint density at radius 3 is 2.45 bits per heavy atom. The van der Waals surface area contributed by atoms with E-state index < -0.39 is 40.6 Å². The second kappa shape index (κ2) is 8.48. The molecule has 1 fully saturated rings. The van der Waals surface area contributed by atoms with Gasteiger partial charge in [-0.3, -0.25) is 9.59 Å². The minimum absolute atomic E-state index is 0.115. The zero-order valence-corrected chi connectivity index (χ0v) is 18.1. The predicted molar refractivity (Wildman–Crippen MR) is 116 cm³/mol. The molecule has 170 valence electrons. The molecule has 0 unspecified atom stereocenters. The molecular formula is C23H18F3N3O3S. The smallest absolute Gasteiger partial charge is 0.416 e. The van der Waals surface area contributed by atoms with E-state index in [2.05, 4.69) is 0 Å². The van der Waals surface area contributed by atoms with E-state index in [1.54, 1.807) is 24.3 Å². The molecule has 0 spiro atoms. The number of nitriles is 1. The van der Waals surface area contributed by atoms with Crippen LogP contribution in [0, 0.1) is 17.2 Å². The minimum atomic E-state index is -4.63. The van der Waals surface area contributed by atoms with Crippen LogP contribution in [-0.4, -0.2) is 23.7 Å². The van der Waals surface area contributed by atoms with Crippen molar-refractivity contribution in [3.63, 3.8) is 0 Å². The number of benzene rings is 2. The van der Waals surface area contributed by atoms with E-state index in [4.69, 9.17) is 10.5 Å². The van der Waals surface area contributed by atoms with Crippen LogP contribution in [0.2, 0.25) is 0 Å². The molecule has 0 bridgehead atoms. The van der Waals surface area contributed by atoms with Gasteiger partial charge >= 0.3 is 6.18 Å². The number of ether oxygens (including phenoxy) is 1. The zero-order valence-electron chi connectivity index (χ0n) is 17.3. The Kier molecular flexibility index (Phi) is 5.84. The number of rotatable bonds is 4. The van der Waals surface area contributed by atoms with Crippen LogP contribution in [0.3, 0.4) is 0 Å². The Balaban J connectivity index is 1.77. The zero-order chi connectivity index (χ0) is 23.9. The number of carbonyl (C=O) groups excluding carboxylic acids is 2. The van der Waals surface area contributed by atoms with E-state index in [0.29, 0.717) is 17.9 Å². The third kappa shape index (κ3) is 3.93. The van der Waals surface area contributed by atoms with Gasteiger partial charge in [-0.05, 0) is 42.8 Å². The van der Waals surface area contributed by atoms with Gasteiger partial charge in [-0.2, -0.15) is 18.4 Å². The lowest BCUT2D eigenvalue weighted by molar-refractivity contribution is -0.137. The van der Waals surface area contributed by atoms with E-state index in [1.165, 1.54) is 6.07 Å². The molecule has 33 heavy (non-hydrogen) atoms. The summed E-state index contributed by atoms with van der Waals surface area (Å²) in [5.41, 5.74) is 5.68. The summed E-state index contributed by atoms with van der Waals surface area (Å²) in [7, 11) is 0. The highest BCUT2D eigenvalue weighted by atomic mass is 32.2. The van der Waals surface area contributed by atoms with Crippen molar-refractivity contribution in [1.29, 1.82) is 5.26 Å². The van der Waals surface area contributed by atoms with Crippen molar-refractivity contribution in [2.45, 2.75) is 24.3 Å². The normalized spacial score (nSPS) is 22.9. The van der Waals surface area contributed by atoms with Crippen LogP contribution in [0.15, 0.2) is 59.1 Å². The standard InChI is InChI=1S/C23H18F3N3O3S/c1-2-32-15-8-6-12(7-9-15)17-16(11-27)20(28)33-19-18(17)21(30)29(22(19)31)14-5-3-4-13(10-14)23(24,25)26/h3-10,17-19H,2,28H2,1H3/t17-,18+,19+/m1/s1. The lowest BCUT2D eigenvalue weighted by Crippen LogP contribution is -2.33. The maximum absolute atomic E-state index is 13.4. The van der Waals surface area contributed by atoms with Crippen LogP contribution < -0.4 is 15.4 Å². The third-order valence-corrected chi connectivity index (χ3v) is 6.81. The fourth-order valence-electron chi connectivity index (χ4n) is 4.15. The maximum atomic E-state index is 13.4. The molecule has 0 radical (unpaired) electrons. The predicted octanol–water partition coefficient (Wildman–Crippen LogP) is 4.19. The summed E-state index contributed by atoms with van der Waals surface area (Å²) in [6, 6.07) is 12.9. The molecule has 10 heteroatoms. The van der Waals surface area contributed by atoms with Gasteiger partial charge in [0.2, 0.25) is 11.8 Å². The average Bonchev–Trinajstić information content (AvgIpc) is 3.02. The number of nitrogens with zero attached hydrogens (tertiary/aromatic N) is 2. The number of carbonyl (C=O) groups is 2. The summed E-state index contributed by atoms with van der Waals surface area (Å²) in [4.78, 5) is 27.4. The number of nitrogens with two attached hydrogens (primary N) is 1. The third-order valence-electron chi connectivity index (χ3n) is 5.59. The van der Waals surface area contributed by atoms with Gasteiger partial charge in [-0.15, -0.1) is 0 Å². The summed E-state index contributed by atoms with van der Waals surface area (Å²) in [6.07, 6.45) is -4.63. The van der Waals surface area contributed by atoms with Gasteiger partial charge in [0.15, 0.2) is 0 Å². The van der Waals surface area contributed by atoms with Crippen molar-refractivity contribution < 1.29 is 27.5 Å². The molecule has 1 saturated heterocycles. The SMILES string of the molecule is CCOc1ccc([C@@H]2C(C#N)=C(N)S[C@@H]3C(=O)N(c4cccc(C(F)(F)F)c4)C(=O)[C@H]32)cc1. The number of imide groups is 1. The van der Waals surface area contributed by atoms with Crippen LogP contribution in [0.1, 0.15) is 24.0 Å². The van der Waals surface area contributed by atoms with Gasteiger partial charge in [0, 0.05) is 5.92 Å². The van der Waals surface area contributed by atoms with Crippen LogP contribution in [0.25, 0.3) is 0 Å². The van der Waals surface area contributed by atoms with Crippen molar-refractivity contribution in [2.75, 3.05) is 11.5 Å². The molecule has 0 saturated carbocycles. The highest BCUT2D eigenvalue weighted by Gasteiger charge is 2.56. The maximum Gasteiger partial charge on any atom is 0.416 e. The largest absolute Gasteiger partial charge is 0.494 e. The molecule has 2 aliphatic rings. The second-order valence-electron chi connectivity index (χ2n) is 7.49. The summed E-state index contributed by atoms with van der Waals surface area (Å²) in [6.45, 7) is 2.29. The van der Waals surface area contributed by atoms with Gasteiger partial charge in [0.1, 0.15) is 11.0 Å². The van der Waals surface area contributed by atoms with Gasteiger partial charge < -0.3 is 10.5 Å². The molecule has 0 aliphatic carbocycles. The Hall–Kier alpha value is -3.45. The number of hydrogen-bond acceptors (Lipinski definition) is 6. The Morgan fingerprint density at radius 1 is 1.15 bits per heavy atom. The topological polar surface area (TPSA) is 96.4 Å². The lowest BCUT2D eigenvalue weighted by atomic mass is 9.79. The number of fused-ring (bicyclic) bond motifs is 1.